The molecule has 0 spiro atoms. The minimum absolute atomic E-state index is 0.0110. The van der Waals surface area contributed by atoms with Crippen LogP contribution in [0.2, 0.25) is 5.04 Å². The van der Waals surface area contributed by atoms with Crippen molar-refractivity contribution in [2.24, 2.45) is 11.7 Å². The van der Waals surface area contributed by atoms with Gasteiger partial charge >= 0.3 is 6.09 Å². The van der Waals surface area contributed by atoms with E-state index in [1.807, 2.05) is 81.4 Å². The Labute approximate surface area is 268 Å². The van der Waals surface area contributed by atoms with E-state index in [1.54, 1.807) is 15.6 Å². The molecular weight excluding hydrogens is 602 g/mol. The van der Waals surface area contributed by atoms with E-state index >= 15 is 0 Å². The zero-order valence-electron chi connectivity index (χ0n) is 26.8. The number of likely N-dealkylation sites (tertiary alicyclic amines) is 1. The summed E-state index contributed by atoms with van der Waals surface area (Å²) in [7, 11) is -3.30. The number of carbonyl (C=O) groups is 2. The number of amides is 2. The van der Waals surface area contributed by atoms with Gasteiger partial charge in [0.15, 0.2) is 5.65 Å². The second kappa shape index (κ2) is 11.4. The van der Waals surface area contributed by atoms with Crippen LogP contribution in [0, 0.1) is 11.7 Å². The summed E-state index contributed by atoms with van der Waals surface area (Å²) in [5.41, 5.74) is 6.74. The van der Waals surface area contributed by atoms with Crippen LogP contribution in [0.5, 0.6) is 0 Å². The molecule has 0 bridgehead atoms. The molecule has 3 aromatic carbocycles. The molecule has 1 saturated heterocycles. The smallest absolute Gasteiger partial charge is 0.410 e. The number of fused-ring (bicyclic) bond motifs is 3. The van der Waals surface area contributed by atoms with Gasteiger partial charge in [0.05, 0.1) is 17.1 Å². The second-order valence-corrected chi connectivity index (χ2v) is 17.9. The van der Waals surface area contributed by atoms with E-state index < -0.39 is 42.8 Å². The quantitative estimate of drug-likeness (QED) is 0.209. The number of H-pyrrole nitrogens is 1. The Morgan fingerprint density at radius 1 is 1.04 bits per heavy atom. The molecule has 11 heteroatoms. The van der Waals surface area contributed by atoms with Crippen LogP contribution in [0.3, 0.4) is 0 Å². The Bertz CT molecular complexity index is 1880. The van der Waals surface area contributed by atoms with Crippen molar-refractivity contribution >= 4 is 47.4 Å². The fraction of sp³-hybridized carbons (Fsp3) is 0.343. The molecule has 2 amide bonds. The van der Waals surface area contributed by atoms with Crippen molar-refractivity contribution < 1.29 is 23.5 Å². The number of hydrogen-bond acceptors (Lipinski definition) is 5. The standard InChI is InChI=1S/C35H40FN5O4Si/c1-34(2,3)45-33(43)40-21-22(19-35(4,5)46(44,24-12-8-6-9-13-24)25-14-10-7-11-15-25)16-29(40)27-20-38-41-30-26(31(37)42)17-23(36)18-28(30)39-32(27)41/h6-15,17-18,20,22,29,38,44H,16,19,21H2,1-5H3,(H2,37,42). The van der Waals surface area contributed by atoms with E-state index in [-0.39, 0.29) is 17.0 Å². The molecule has 46 heavy (non-hydrogen) atoms. The van der Waals surface area contributed by atoms with Crippen LogP contribution in [0.25, 0.3) is 16.7 Å². The van der Waals surface area contributed by atoms with Crippen LogP contribution in [-0.2, 0) is 4.74 Å². The van der Waals surface area contributed by atoms with Crippen LogP contribution >= 0.6 is 0 Å². The van der Waals surface area contributed by atoms with Gasteiger partial charge in [-0.2, -0.15) is 0 Å². The summed E-state index contributed by atoms with van der Waals surface area (Å²) in [6, 6.07) is 21.7. The summed E-state index contributed by atoms with van der Waals surface area (Å²) in [5.74, 6) is -1.37. The van der Waals surface area contributed by atoms with E-state index in [9.17, 15) is 18.8 Å². The van der Waals surface area contributed by atoms with Crippen LogP contribution in [0.15, 0.2) is 79.0 Å². The molecular formula is C35H40FN5O4Si. The average molecular weight is 642 g/mol. The number of nitrogens with zero attached hydrogens (tertiary/aromatic N) is 3. The molecule has 0 aliphatic carbocycles. The molecule has 9 nitrogen and oxygen atoms in total. The lowest BCUT2D eigenvalue weighted by Gasteiger charge is -2.42. The maximum atomic E-state index is 14.4. The van der Waals surface area contributed by atoms with Gasteiger partial charge in [-0.15, -0.1) is 0 Å². The molecule has 240 valence electrons. The van der Waals surface area contributed by atoms with Crippen molar-refractivity contribution in [2.75, 3.05) is 6.54 Å². The fourth-order valence-electron chi connectivity index (χ4n) is 7.19. The van der Waals surface area contributed by atoms with Crippen LogP contribution in [0.1, 0.15) is 69.4 Å². The first-order chi connectivity index (χ1) is 21.7. The number of carbonyl (C=O) groups excluding carboxylic acids is 2. The topological polar surface area (TPSA) is 126 Å². The predicted octanol–water partition coefficient (Wildman–Crippen LogP) is 5.27. The zero-order chi connectivity index (χ0) is 33.0. The molecule has 1 aliphatic heterocycles. The lowest BCUT2D eigenvalue weighted by molar-refractivity contribution is 0.0219. The summed E-state index contributed by atoms with van der Waals surface area (Å²) < 4.78 is 21.9. The van der Waals surface area contributed by atoms with Crippen LogP contribution < -0.4 is 16.1 Å². The largest absolute Gasteiger partial charge is 0.444 e. The van der Waals surface area contributed by atoms with Gasteiger partial charge in [0, 0.05) is 24.4 Å². The molecule has 2 unspecified atom stereocenters. The summed E-state index contributed by atoms with van der Waals surface area (Å²) in [6.45, 7) is 10.2. The number of benzene rings is 3. The third kappa shape index (κ3) is 5.47. The summed E-state index contributed by atoms with van der Waals surface area (Å²) in [5, 5.41) is 4.48. The molecule has 2 aromatic heterocycles. The van der Waals surface area contributed by atoms with Gasteiger partial charge in [0.1, 0.15) is 16.9 Å². The van der Waals surface area contributed by atoms with E-state index in [1.165, 1.54) is 6.07 Å². The highest BCUT2D eigenvalue weighted by Gasteiger charge is 2.52. The molecule has 4 N–H and O–H groups in total. The average Bonchev–Trinajstić information content (AvgIpc) is 3.69. The molecule has 1 fully saturated rings. The number of aromatic amines is 1. The van der Waals surface area contributed by atoms with Gasteiger partial charge in [0.25, 0.3) is 14.2 Å². The van der Waals surface area contributed by atoms with Gasteiger partial charge in [0.2, 0.25) is 0 Å². The molecule has 1 aliphatic rings. The first kappa shape index (κ1) is 31.5. The number of halogens is 1. The maximum Gasteiger partial charge on any atom is 0.410 e. The molecule has 6 rings (SSSR count). The Morgan fingerprint density at radius 3 is 2.22 bits per heavy atom. The van der Waals surface area contributed by atoms with Gasteiger partial charge in [-0.05, 0) is 61.0 Å². The van der Waals surface area contributed by atoms with Crippen molar-refractivity contribution in [3.63, 3.8) is 0 Å². The number of imidazole rings is 1. The predicted molar refractivity (Wildman–Crippen MR) is 178 cm³/mol. The number of aromatic nitrogens is 3. The second-order valence-electron chi connectivity index (χ2n) is 14.0. The first-order valence-corrected chi connectivity index (χ1v) is 17.5. The number of ether oxygens (including phenoxy) is 1. The Morgan fingerprint density at radius 2 is 1.65 bits per heavy atom. The number of nitrogens with two attached hydrogens (primary N) is 1. The molecule has 3 heterocycles. The third-order valence-corrected chi connectivity index (χ3v) is 13.6. The van der Waals surface area contributed by atoms with Crippen molar-refractivity contribution in [3.05, 3.63) is 95.9 Å². The normalized spacial score (nSPS) is 17.6. The van der Waals surface area contributed by atoms with Gasteiger partial charge in [-0.3, -0.25) is 9.89 Å². The van der Waals surface area contributed by atoms with E-state index in [4.69, 9.17) is 10.5 Å². The van der Waals surface area contributed by atoms with Crippen molar-refractivity contribution in [2.45, 2.75) is 64.1 Å². The van der Waals surface area contributed by atoms with Gasteiger partial charge in [-0.25, -0.2) is 18.7 Å². The SMILES string of the molecule is CC(C)(C)OC(=O)N1CC(CC(C)(C)[Si](O)(c2ccccc2)c2ccccc2)CC1c1c[nH]n2c1nc1cc(F)cc(C(N)=O)c12. The minimum Gasteiger partial charge on any atom is -0.444 e. The van der Waals surface area contributed by atoms with E-state index in [2.05, 4.69) is 23.9 Å². The maximum absolute atomic E-state index is 14.4. The Balaban J connectivity index is 1.41. The van der Waals surface area contributed by atoms with Gasteiger partial charge in [-0.1, -0.05) is 74.5 Å². The van der Waals surface area contributed by atoms with Crippen LogP contribution in [0.4, 0.5) is 9.18 Å². The van der Waals surface area contributed by atoms with Crippen LogP contribution in [-0.4, -0.2) is 56.8 Å². The van der Waals surface area contributed by atoms with Crippen molar-refractivity contribution in [1.82, 2.24) is 19.5 Å². The number of rotatable bonds is 7. The highest BCUT2D eigenvalue weighted by Crippen LogP contribution is 2.48. The molecule has 2 atom stereocenters. The third-order valence-electron chi connectivity index (χ3n) is 9.13. The molecule has 0 saturated carbocycles. The zero-order valence-corrected chi connectivity index (χ0v) is 27.8. The highest BCUT2D eigenvalue weighted by molar-refractivity contribution is 6.98. The van der Waals surface area contributed by atoms with Gasteiger partial charge < -0.3 is 20.2 Å². The highest BCUT2D eigenvalue weighted by atomic mass is 28.4. The van der Waals surface area contributed by atoms with E-state index in [0.717, 1.165) is 22.0 Å². The number of nitrogens with one attached hydrogen (secondary N) is 1. The van der Waals surface area contributed by atoms with Crippen molar-refractivity contribution in [1.29, 1.82) is 0 Å². The summed E-state index contributed by atoms with van der Waals surface area (Å²) >= 11 is 0. The lowest BCUT2D eigenvalue weighted by atomic mass is 9.92. The Hall–Kier alpha value is -4.48. The Kier molecular flexibility index (Phi) is 7.80. The first-order valence-electron chi connectivity index (χ1n) is 15.5. The van der Waals surface area contributed by atoms with E-state index in [0.29, 0.717) is 30.6 Å². The monoisotopic (exact) mass is 641 g/mol. The summed E-state index contributed by atoms with van der Waals surface area (Å²) in [6.07, 6.45) is 2.55. The lowest BCUT2D eigenvalue weighted by Crippen LogP contribution is -2.65. The fourth-order valence-corrected chi connectivity index (χ4v) is 11.0. The summed E-state index contributed by atoms with van der Waals surface area (Å²) in [4.78, 5) is 45.1. The minimum atomic E-state index is -3.30. The molecule has 5 aromatic rings. The van der Waals surface area contributed by atoms with Crippen molar-refractivity contribution in [3.8, 4) is 0 Å². The number of hydrogen-bond donors (Lipinski definition) is 3. The number of primary amides is 1. The molecule has 0 radical (unpaired) electrons.